The van der Waals surface area contributed by atoms with E-state index in [0.717, 1.165) is 0 Å². The predicted molar refractivity (Wildman–Crippen MR) is 48.7 cm³/mol. The van der Waals surface area contributed by atoms with E-state index in [1.165, 1.54) is 0 Å². The number of aromatic nitrogens is 4. The number of ketones is 1. The summed E-state index contributed by atoms with van der Waals surface area (Å²) in [4.78, 5) is 12.0. The molecule has 0 aliphatic carbocycles. The highest BCUT2D eigenvalue weighted by Crippen LogP contribution is 2.04. The van der Waals surface area contributed by atoms with Crippen molar-refractivity contribution in [1.29, 1.82) is 0 Å². The normalized spacial score (nSPS) is 14.1. The number of tetrazole rings is 1. The van der Waals surface area contributed by atoms with Gasteiger partial charge in [-0.3, -0.25) is 4.79 Å². The van der Waals surface area contributed by atoms with Crippen LogP contribution in [-0.2, 0) is 6.98 Å². The molecule has 1 aromatic carbocycles. The summed E-state index contributed by atoms with van der Waals surface area (Å²) >= 11 is 0. The number of nitrogens with zero attached hydrogens (tertiary/aromatic N) is 4. The second kappa shape index (κ2) is 3.37. The van der Waals surface area contributed by atoms with Gasteiger partial charge >= 0.3 is 0 Å². The van der Waals surface area contributed by atoms with Gasteiger partial charge < -0.3 is 0 Å². The molecule has 0 unspecified atom stereocenters. The fourth-order valence-corrected chi connectivity index (χ4v) is 1.05. The van der Waals surface area contributed by atoms with E-state index in [0.29, 0.717) is 10.2 Å². The zero-order chi connectivity index (χ0) is 12.5. The Balaban J connectivity index is 2.43. The molecule has 5 nitrogen and oxygen atoms in total. The lowest BCUT2D eigenvalue weighted by Crippen LogP contribution is -2.09. The number of carbonyl (C=O) groups is 1. The standard InChI is InChI=1S/C9H8N4O/c1-13-9(10-11-12-13)8(14)7-5-3-2-4-6-7/h2-6H,1H3/i1D3. The monoisotopic (exact) mass is 191 g/mol. The topological polar surface area (TPSA) is 60.7 Å². The first-order chi connectivity index (χ1) is 8.00. The van der Waals surface area contributed by atoms with Gasteiger partial charge in [0, 0.05) is 16.7 Å². The van der Waals surface area contributed by atoms with Crippen LogP contribution in [0.4, 0.5) is 0 Å². The van der Waals surface area contributed by atoms with Crippen molar-refractivity contribution in [3.05, 3.63) is 41.7 Å². The zero-order valence-electron chi connectivity index (χ0n) is 10.1. The van der Waals surface area contributed by atoms with Gasteiger partial charge in [0.05, 0.1) is 0 Å². The highest BCUT2D eigenvalue weighted by atomic mass is 16.1. The summed E-state index contributed by atoms with van der Waals surface area (Å²) in [7, 11) is 0. The highest BCUT2D eigenvalue weighted by Gasteiger charge is 2.14. The molecule has 2 rings (SSSR count). The van der Waals surface area contributed by atoms with Gasteiger partial charge in [-0.05, 0) is 10.4 Å². The molecular weight excluding hydrogens is 180 g/mol. The van der Waals surface area contributed by atoms with E-state index >= 15 is 0 Å². The third-order valence-corrected chi connectivity index (χ3v) is 1.71. The summed E-state index contributed by atoms with van der Waals surface area (Å²) in [6, 6.07) is 8.25. The Morgan fingerprint density at radius 2 is 2.21 bits per heavy atom. The molecule has 0 amide bonds. The van der Waals surface area contributed by atoms with E-state index < -0.39 is 12.8 Å². The van der Waals surface area contributed by atoms with Gasteiger partial charge in [-0.2, -0.15) is 0 Å². The van der Waals surface area contributed by atoms with Gasteiger partial charge in [0.1, 0.15) is 0 Å². The van der Waals surface area contributed by atoms with Gasteiger partial charge in [0.15, 0.2) is 0 Å². The first-order valence-corrected chi connectivity index (χ1v) is 3.89. The molecule has 0 saturated carbocycles. The molecule has 5 heteroatoms. The van der Waals surface area contributed by atoms with E-state index in [1.54, 1.807) is 30.3 Å². The smallest absolute Gasteiger partial charge is 0.231 e. The highest BCUT2D eigenvalue weighted by molar-refractivity contribution is 6.06. The molecule has 0 bridgehead atoms. The van der Waals surface area contributed by atoms with Crippen LogP contribution in [0.2, 0.25) is 0 Å². The van der Waals surface area contributed by atoms with Crippen LogP contribution in [0.25, 0.3) is 0 Å². The van der Waals surface area contributed by atoms with Crippen molar-refractivity contribution in [3.63, 3.8) is 0 Å². The molecule has 0 fully saturated rings. The van der Waals surface area contributed by atoms with Crippen LogP contribution >= 0.6 is 0 Å². The van der Waals surface area contributed by atoms with E-state index in [9.17, 15) is 4.79 Å². The van der Waals surface area contributed by atoms with Crippen LogP contribution in [0.5, 0.6) is 0 Å². The van der Waals surface area contributed by atoms with Crippen molar-refractivity contribution in [3.8, 4) is 0 Å². The predicted octanol–water partition coefficient (Wildman–Crippen LogP) is 0.441. The maximum atomic E-state index is 12.0. The van der Waals surface area contributed by atoms with Crippen molar-refractivity contribution in [1.82, 2.24) is 20.2 Å². The van der Waals surface area contributed by atoms with Crippen molar-refractivity contribution in [2.75, 3.05) is 0 Å². The summed E-state index contributed by atoms with van der Waals surface area (Å²) in [5.41, 5.74) is 0.341. The average molecular weight is 191 g/mol. The van der Waals surface area contributed by atoms with E-state index in [1.807, 2.05) is 0 Å². The molecule has 0 saturated heterocycles. The number of aryl methyl sites for hydroxylation is 1. The van der Waals surface area contributed by atoms with Crippen LogP contribution in [0, 0.1) is 0 Å². The van der Waals surface area contributed by atoms with Gasteiger partial charge in [0.25, 0.3) is 0 Å². The Morgan fingerprint density at radius 3 is 2.93 bits per heavy atom. The number of hydrogen-bond acceptors (Lipinski definition) is 4. The van der Waals surface area contributed by atoms with Gasteiger partial charge in [-0.25, -0.2) is 4.68 Å². The molecule has 14 heavy (non-hydrogen) atoms. The molecular formula is C9H8N4O. The Hall–Kier alpha value is -2.04. The van der Waals surface area contributed by atoms with Crippen molar-refractivity contribution in [2.24, 2.45) is 6.98 Å². The van der Waals surface area contributed by atoms with Crippen LogP contribution < -0.4 is 0 Å². The van der Waals surface area contributed by atoms with Gasteiger partial charge in [0.2, 0.25) is 11.6 Å². The molecule has 0 N–H and O–H groups in total. The lowest BCUT2D eigenvalue weighted by Gasteiger charge is -1.97. The molecule has 0 aliphatic rings. The third kappa shape index (κ3) is 1.39. The Kier molecular flexibility index (Phi) is 1.36. The first-order valence-electron chi connectivity index (χ1n) is 5.39. The molecule has 0 radical (unpaired) electrons. The number of benzene rings is 1. The average Bonchev–Trinajstić information content (AvgIpc) is 2.78. The summed E-state index contributed by atoms with van der Waals surface area (Å²) in [5, 5.41) is 9.97. The number of carbonyl (C=O) groups excluding carboxylic acids is 1. The summed E-state index contributed by atoms with van der Waals surface area (Å²) < 4.78 is 22.1. The zero-order valence-corrected chi connectivity index (χ0v) is 7.08. The lowest BCUT2D eigenvalue weighted by atomic mass is 10.1. The van der Waals surface area contributed by atoms with Crippen LogP contribution in [-0.4, -0.2) is 26.0 Å². The van der Waals surface area contributed by atoms with Gasteiger partial charge in [-0.1, -0.05) is 30.3 Å². The fraction of sp³-hybridized carbons (Fsp3) is 0.111. The Bertz CT molecular complexity index is 535. The molecule has 0 atom stereocenters. The molecule has 2 aromatic rings. The lowest BCUT2D eigenvalue weighted by molar-refractivity contribution is 0.102. The summed E-state index contributed by atoms with van der Waals surface area (Å²) in [6.07, 6.45) is 0. The molecule has 1 heterocycles. The minimum Gasteiger partial charge on any atom is -0.285 e. The molecule has 0 aliphatic heterocycles. The molecule has 70 valence electrons. The van der Waals surface area contributed by atoms with Crippen LogP contribution in [0.3, 0.4) is 0 Å². The second-order valence-electron chi connectivity index (χ2n) is 2.61. The van der Waals surface area contributed by atoms with Crippen molar-refractivity contribution >= 4 is 5.78 Å². The minimum atomic E-state index is -2.57. The maximum absolute atomic E-state index is 12.0. The number of hydrogen-bond donors (Lipinski definition) is 0. The van der Waals surface area contributed by atoms with E-state index in [4.69, 9.17) is 4.11 Å². The number of rotatable bonds is 2. The van der Waals surface area contributed by atoms with E-state index in [2.05, 4.69) is 15.5 Å². The van der Waals surface area contributed by atoms with Crippen molar-refractivity contribution in [2.45, 2.75) is 0 Å². The first kappa shape index (κ1) is 5.64. The maximum Gasteiger partial charge on any atom is 0.231 e. The fourth-order valence-electron chi connectivity index (χ4n) is 1.05. The second-order valence-corrected chi connectivity index (χ2v) is 2.61. The third-order valence-electron chi connectivity index (χ3n) is 1.71. The van der Waals surface area contributed by atoms with Crippen molar-refractivity contribution < 1.29 is 8.91 Å². The summed E-state index contributed by atoms with van der Waals surface area (Å²) in [6.45, 7) is -2.57. The molecule has 1 aromatic heterocycles. The summed E-state index contributed by atoms with van der Waals surface area (Å²) in [5.74, 6) is -0.817. The Morgan fingerprint density at radius 1 is 1.43 bits per heavy atom. The quantitative estimate of drug-likeness (QED) is 0.646. The minimum absolute atomic E-state index is 0.295. The Labute approximate surface area is 84.6 Å². The van der Waals surface area contributed by atoms with Crippen LogP contribution in [0.1, 0.15) is 20.3 Å². The van der Waals surface area contributed by atoms with Crippen LogP contribution in [0.15, 0.2) is 30.3 Å². The van der Waals surface area contributed by atoms with Gasteiger partial charge in [-0.15, -0.1) is 5.10 Å². The van der Waals surface area contributed by atoms with E-state index in [-0.39, 0.29) is 5.82 Å². The largest absolute Gasteiger partial charge is 0.285 e. The molecule has 0 spiro atoms. The SMILES string of the molecule is [2H]C([2H])([2H])n1nnnc1C(=O)c1ccccc1.